The molecule has 0 spiro atoms. The molecule has 0 saturated heterocycles. The second-order valence-corrected chi connectivity index (χ2v) is 4.96. The molecule has 0 saturated carbocycles. The largest absolute Gasteiger partial charge is 0.350 e. The van der Waals surface area contributed by atoms with Crippen LogP contribution in [0, 0.1) is 0 Å². The number of aryl methyl sites for hydroxylation is 1. The van der Waals surface area contributed by atoms with E-state index in [0.717, 1.165) is 11.1 Å². The first-order valence-corrected chi connectivity index (χ1v) is 6.84. The van der Waals surface area contributed by atoms with E-state index in [-0.39, 0.29) is 5.69 Å². The molecule has 4 aromatic rings. The zero-order chi connectivity index (χ0) is 15.8. The van der Waals surface area contributed by atoms with Gasteiger partial charge in [0.2, 0.25) is 0 Å². The molecule has 3 heterocycles. The molecular weight excluding hydrogens is 296 g/mol. The van der Waals surface area contributed by atoms with Gasteiger partial charge in [0.25, 0.3) is 0 Å². The van der Waals surface area contributed by atoms with E-state index in [0.29, 0.717) is 17.2 Å². The molecule has 0 aliphatic heterocycles. The summed E-state index contributed by atoms with van der Waals surface area (Å²) in [6, 6.07) is 7.32. The molecule has 0 atom stereocenters. The number of aromatic nitrogens is 7. The lowest BCUT2D eigenvalue weighted by Crippen LogP contribution is -2.21. The summed E-state index contributed by atoms with van der Waals surface area (Å²) in [6.07, 6.45) is 4.61. The minimum Gasteiger partial charge on any atom is -0.340 e. The Morgan fingerprint density at radius 2 is 2.00 bits per heavy atom. The minimum absolute atomic E-state index is 0.193. The van der Waals surface area contributed by atoms with Crippen LogP contribution in [-0.2, 0) is 7.05 Å². The fourth-order valence-corrected chi connectivity index (χ4v) is 2.24. The highest BCUT2D eigenvalue weighted by Gasteiger charge is 2.07. The maximum absolute atomic E-state index is 11.9. The fourth-order valence-electron chi connectivity index (χ4n) is 2.24. The highest BCUT2D eigenvalue weighted by molar-refractivity contribution is 5.87. The third kappa shape index (κ3) is 2.24. The van der Waals surface area contributed by atoms with E-state index >= 15 is 0 Å². The van der Waals surface area contributed by atoms with Crippen LogP contribution in [0.15, 0.2) is 47.9 Å². The van der Waals surface area contributed by atoms with Gasteiger partial charge in [0, 0.05) is 12.7 Å². The third-order valence-electron chi connectivity index (χ3n) is 3.45. The molecule has 0 unspecified atom stereocenters. The number of fused-ring (bicyclic) bond motifs is 1. The number of H-pyrrole nitrogens is 1. The van der Waals surface area contributed by atoms with Crippen molar-refractivity contribution >= 4 is 22.5 Å². The van der Waals surface area contributed by atoms with E-state index in [1.165, 1.54) is 21.9 Å². The lowest BCUT2D eigenvalue weighted by Gasteiger charge is -2.07. The standard InChI is InChI=1S/C14H12N8O/c1-21-8-18-22(14(21)23)10-4-2-9(3-5-10)19-12-11-6-17-20-13(11)16-7-15-12/h2-8H,1H3,(H2,15,16,17,19,20). The molecular formula is C14H12N8O. The SMILES string of the molecule is Cn1cnn(-c2ccc(Nc3ncnc4[nH]ncc34)cc2)c1=O. The maximum Gasteiger partial charge on any atom is 0.350 e. The Bertz CT molecular complexity index is 1030. The summed E-state index contributed by atoms with van der Waals surface area (Å²) in [5.74, 6) is 0.659. The van der Waals surface area contributed by atoms with E-state index in [2.05, 4.69) is 30.6 Å². The molecule has 23 heavy (non-hydrogen) atoms. The summed E-state index contributed by atoms with van der Waals surface area (Å²) in [4.78, 5) is 20.2. The molecule has 9 nitrogen and oxygen atoms in total. The molecule has 3 aromatic heterocycles. The van der Waals surface area contributed by atoms with Gasteiger partial charge in [-0.25, -0.2) is 14.8 Å². The number of anilines is 2. The first kappa shape index (κ1) is 13.2. The average molecular weight is 308 g/mol. The molecule has 2 N–H and O–H groups in total. The zero-order valence-electron chi connectivity index (χ0n) is 12.1. The lowest BCUT2D eigenvalue weighted by molar-refractivity contribution is 0.799. The molecule has 4 rings (SSSR count). The Morgan fingerprint density at radius 3 is 2.74 bits per heavy atom. The van der Waals surface area contributed by atoms with Gasteiger partial charge in [-0.15, -0.1) is 0 Å². The summed E-state index contributed by atoms with van der Waals surface area (Å²) < 4.78 is 2.76. The number of rotatable bonds is 3. The van der Waals surface area contributed by atoms with Crippen LogP contribution in [0.1, 0.15) is 0 Å². The van der Waals surface area contributed by atoms with Crippen molar-refractivity contribution in [2.24, 2.45) is 7.05 Å². The summed E-state index contributed by atoms with van der Waals surface area (Å²) in [5.41, 5.74) is 2.00. The summed E-state index contributed by atoms with van der Waals surface area (Å²) in [5, 5.41) is 14.8. The van der Waals surface area contributed by atoms with Gasteiger partial charge in [0.1, 0.15) is 18.5 Å². The van der Waals surface area contributed by atoms with Crippen LogP contribution in [-0.4, -0.2) is 34.5 Å². The van der Waals surface area contributed by atoms with Gasteiger partial charge < -0.3 is 5.32 Å². The predicted octanol–water partition coefficient (Wildman–Crippen LogP) is 0.981. The highest BCUT2D eigenvalue weighted by Crippen LogP contribution is 2.21. The Kier molecular flexibility index (Phi) is 2.90. The third-order valence-corrected chi connectivity index (χ3v) is 3.45. The van der Waals surface area contributed by atoms with Crippen LogP contribution in [0.4, 0.5) is 11.5 Å². The zero-order valence-corrected chi connectivity index (χ0v) is 12.1. The van der Waals surface area contributed by atoms with E-state index in [1.807, 2.05) is 24.3 Å². The monoisotopic (exact) mass is 308 g/mol. The van der Waals surface area contributed by atoms with Crippen LogP contribution in [0.5, 0.6) is 0 Å². The first-order chi connectivity index (χ1) is 11.2. The number of hydrogen-bond donors (Lipinski definition) is 2. The summed E-state index contributed by atoms with van der Waals surface area (Å²) in [7, 11) is 1.66. The van der Waals surface area contributed by atoms with Crippen LogP contribution >= 0.6 is 0 Å². The van der Waals surface area contributed by atoms with Crippen molar-refractivity contribution in [3.05, 3.63) is 53.6 Å². The van der Waals surface area contributed by atoms with Gasteiger partial charge in [-0.3, -0.25) is 9.67 Å². The van der Waals surface area contributed by atoms with E-state index < -0.39 is 0 Å². The Morgan fingerprint density at radius 1 is 1.17 bits per heavy atom. The minimum atomic E-state index is -0.193. The quantitative estimate of drug-likeness (QED) is 0.584. The Labute approximate surface area is 129 Å². The maximum atomic E-state index is 11.9. The molecule has 9 heteroatoms. The van der Waals surface area contributed by atoms with Gasteiger partial charge in [-0.2, -0.15) is 14.9 Å². The number of aromatic amines is 1. The number of hydrogen-bond acceptors (Lipinski definition) is 6. The van der Waals surface area contributed by atoms with Crippen molar-refractivity contribution in [1.82, 2.24) is 34.5 Å². The van der Waals surface area contributed by atoms with Crippen molar-refractivity contribution in [1.29, 1.82) is 0 Å². The van der Waals surface area contributed by atoms with Crippen molar-refractivity contribution in [3.63, 3.8) is 0 Å². The molecule has 0 fully saturated rings. The fraction of sp³-hybridized carbons (Fsp3) is 0.0714. The second kappa shape index (κ2) is 5.05. The highest BCUT2D eigenvalue weighted by atomic mass is 16.2. The Balaban J connectivity index is 1.65. The molecule has 0 radical (unpaired) electrons. The number of nitrogens with zero attached hydrogens (tertiary/aromatic N) is 6. The van der Waals surface area contributed by atoms with E-state index in [1.54, 1.807) is 13.2 Å². The average Bonchev–Trinajstić information content (AvgIpc) is 3.17. The van der Waals surface area contributed by atoms with Crippen LogP contribution in [0.2, 0.25) is 0 Å². The van der Waals surface area contributed by atoms with Crippen LogP contribution in [0.25, 0.3) is 16.7 Å². The second-order valence-electron chi connectivity index (χ2n) is 4.96. The lowest BCUT2D eigenvalue weighted by atomic mass is 10.2. The van der Waals surface area contributed by atoms with Crippen molar-refractivity contribution in [3.8, 4) is 5.69 Å². The first-order valence-electron chi connectivity index (χ1n) is 6.84. The van der Waals surface area contributed by atoms with Gasteiger partial charge in [-0.05, 0) is 24.3 Å². The Hall–Kier alpha value is -3.49. The topological polar surface area (TPSA) is 106 Å². The molecule has 0 bridgehead atoms. The van der Waals surface area contributed by atoms with Crippen molar-refractivity contribution < 1.29 is 0 Å². The number of nitrogens with one attached hydrogen (secondary N) is 2. The molecule has 114 valence electrons. The molecule has 0 aliphatic rings. The van der Waals surface area contributed by atoms with E-state index in [4.69, 9.17) is 0 Å². The summed E-state index contributed by atoms with van der Waals surface area (Å²) >= 11 is 0. The predicted molar refractivity (Wildman–Crippen MR) is 83.8 cm³/mol. The van der Waals surface area contributed by atoms with Crippen molar-refractivity contribution in [2.75, 3.05) is 5.32 Å². The van der Waals surface area contributed by atoms with Crippen molar-refractivity contribution in [2.45, 2.75) is 0 Å². The van der Waals surface area contributed by atoms with Crippen LogP contribution in [0.3, 0.4) is 0 Å². The molecule has 0 amide bonds. The number of benzene rings is 1. The van der Waals surface area contributed by atoms with Gasteiger partial charge in [0.05, 0.1) is 17.3 Å². The molecule has 1 aromatic carbocycles. The summed E-state index contributed by atoms with van der Waals surface area (Å²) in [6.45, 7) is 0. The van der Waals surface area contributed by atoms with Gasteiger partial charge in [-0.1, -0.05) is 0 Å². The van der Waals surface area contributed by atoms with E-state index in [9.17, 15) is 4.79 Å². The molecule has 0 aliphatic carbocycles. The smallest absolute Gasteiger partial charge is 0.340 e. The van der Waals surface area contributed by atoms with Crippen LogP contribution < -0.4 is 11.0 Å². The normalized spacial score (nSPS) is 11.0. The van der Waals surface area contributed by atoms with Gasteiger partial charge in [0.15, 0.2) is 5.65 Å². The van der Waals surface area contributed by atoms with Gasteiger partial charge >= 0.3 is 5.69 Å².